The Bertz CT molecular complexity index is 887. The number of ether oxygens (including phenoxy) is 1. The van der Waals surface area contributed by atoms with Crippen LogP contribution in [0.15, 0.2) is 58.2 Å². The molecule has 0 amide bonds. The lowest BCUT2D eigenvalue weighted by atomic mass is 10.3. The van der Waals surface area contributed by atoms with E-state index < -0.39 is 10.0 Å². The maximum atomic E-state index is 12.4. The number of nitrogens with one attached hydrogen (secondary N) is 1. The number of oxazole rings is 1. The quantitative estimate of drug-likeness (QED) is 0.801. The normalized spacial score (nSPS) is 11.5. The van der Waals surface area contributed by atoms with Crippen LogP contribution in [0.25, 0.3) is 11.1 Å². The molecule has 0 aliphatic carbocycles. The summed E-state index contributed by atoms with van der Waals surface area (Å²) >= 11 is 0. The van der Waals surface area contributed by atoms with Crippen LogP contribution in [0.4, 0.5) is 5.69 Å². The summed E-state index contributed by atoms with van der Waals surface area (Å²) in [6.07, 6.45) is 1.31. The van der Waals surface area contributed by atoms with E-state index in [4.69, 9.17) is 9.15 Å². The van der Waals surface area contributed by atoms with Gasteiger partial charge in [-0.15, -0.1) is 0 Å². The van der Waals surface area contributed by atoms with Gasteiger partial charge in [-0.25, -0.2) is 13.4 Å². The van der Waals surface area contributed by atoms with Crippen LogP contribution in [0.1, 0.15) is 0 Å². The van der Waals surface area contributed by atoms with Crippen LogP contribution in [0.3, 0.4) is 0 Å². The van der Waals surface area contributed by atoms with Crippen LogP contribution >= 0.6 is 0 Å². The van der Waals surface area contributed by atoms with Crippen molar-refractivity contribution in [1.29, 1.82) is 0 Å². The summed E-state index contributed by atoms with van der Waals surface area (Å²) in [5.41, 5.74) is 1.58. The van der Waals surface area contributed by atoms with E-state index in [9.17, 15) is 8.42 Å². The van der Waals surface area contributed by atoms with Gasteiger partial charge in [0.05, 0.1) is 12.8 Å². The highest BCUT2D eigenvalue weighted by Crippen LogP contribution is 2.26. The molecular formula is C14H12N2O4S. The molecule has 0 saturated carbocycles. The van der Waals surface area contributed by atoms with Crippen LogP contribution in [-0.2, 0) is 10.0 Å². The molecule has 7 heteroatoms. The van der Waals surface area contributed by atoms with Gasteiger partial charge in [0.25, 0.3) is 10.0 Å². The lowest BCUT2D eigenvalue weighted by molar-refractivity contribution is 0.403. The van der Waals surface area contributed by atoms with Crippen LogP contribution in [0.5, 0.6) is 5.75 Å². The largest absolute Gasteiger partial charge is 0.495 e. The zero-order valence-electron chi connectivity index (χ0n) is 11.1. The lowest BCUT2D eigenvalue weighted by Crippen LogP contribution is -2.13. The van der Waals surface area contributed by atoms with E-state index in [-0.39, 0.29) is 10.6 Å². The molecule has 0 aliphatic rings. The molecule has 0 saturated heterocycles. The second-order valence-corrected chi connectivity index (χ2v) is 5.94. The predicted octanol–water partition coefficient (Wildman–Crippen LogP) is 2.64. The van der Waals surface area contributed by atoms with Gasteiger partial charge in [0.15, 0.2) is 12.0 Å². The zero-order chi connectivity index (χ0) is 14.9. The summed E-state index contributed by atoms with van der Waals surface area (Å²) in [5, 5.41) is 0. The van der Waals surface area contributed by atoms with E-state index in [0.29, 0.717) is 16.8 Å². The third kappa shape index (κ3) is 2.55. The Morgan fingerprint density at radius 1 is 1.19 bits per heavy atom. The predicted molar refractivity (Wildman–Crippen MR) is 77.8 cm³/mol. The van der Waals surface area contributed by atoms with E-state index in [0.717, 1.165) is 0 Å². The summed E-state index contributed by atoms with van der Waals surface area (Å²) in [6.45, 7) is 0. The minimum absolute atomic E-state index is 0.0766. The van der Waals surface area contributed by atoms with E-state index in [1.165, 1.54) is 19.6 Å². The Morgan fingerprint density at radius 3 is 2.81 bits per heavy atom. The van der Waals surface area contributed by atoms with Gasteiger partial charge in [-0.1, -0.05) is 12.1 Å². The topological polar surface area (TPSA) is 81.4 Å². The highest BCUT2D eigenvalue weighted by molar-refractivity contribution is 7.92. The minimum Gasteiger partial charge on any atom is -0.495 e. The van der Waals surface area contributed by atoms with Gasteiger partial charge >= 0.3 is 0 Å². The molecule has 0 atom stereocenters. The Morgan fingerprint density at radius 2 is 2.00 bits per heavy atom. The first kappa shape index (κ1) is 13.4. The van der Waals surface area contributed by atoms with Gasteiger partial charge in [0.1, 0.15) is 16.2 Å². The maximum Gasteiger partial charge on any atom is 0.265 e. The summed E-state index contributed by atoms with van der Waals surface area (Å²) in [7, 11) is -2.31. The van der Waals surface area contributed by atoms with Crippen molar-refractivity contribution in [3.8, 4) is 5.75 Å². The number of benzene rings is 2. The third-order valence-electron chi connectivity index (χ3n) is 2.94. The first-order valence-electron chi connectivity index (χ1n) is 6.09. The lowest BCUT2D eigenvalue weighted by Gasteiger charge is -2.11. The standard InChI is InChI=1S/C14H12N2O4S/c1-19-13-4-2-3-5-14(13)21(17,18)16-10-6-7-12-11(8-10)15-9-20-12/h2-9,16H,1H3. The Hall–Kier alpha value is -2.54. The molecule has 0 bridgehead atoms. The molecule has 3 rings (SSSR count). The second kappa shape index (κ2) is 5.10. The third-order valence-corrected chi connectivity index (χ3v) is 4.36. The number of hydrogen-bond acceptors (Lipinski definition) is 5. The molecule has 1 N–H and O–H groups in total. The summed E-state index contributed by atoms with van der Waals surface area (Å²) in [6, 6.07) is 11.3. The van der Waals surface area contributed by atoms with Crippen molar-refractivity contribution >= 4 is 26.8 Å². The van der Waals surface area contributed by atoms with Gasteiger partial charge < -0.3 is 9.15 Å². The highest BCUT2D eigenvalue weighted by atomic mass is 32.2. The number of rotatable bonds is 4. The molecule has 1 aromatic heterocycles. The first-order valence-corrected chi connectivity index (χ1v) is 7.57. The monoisotopic (exact) mass is 304 g/mol. The Balaban J connectivity index is 1.98. The van der Waals surface area contributed by atoms with E-state index in [2.05, 4.69) is 9.71 Å². The number of para-hydroxylation sites is 1. The molecule has 21 heavy (non-hydrogen) atoms. The smallest absolute Gasteiger partial charge is 0.265 e. The summed E-state index contributed by atoms with van der Waals surface area (Å²) < 4.78 is 37.5. The average Bonchev–Trinajstić information content (AvgIpc) is 2.94. The molecule has 2 aromatic carbocycles. The van der Waals surface area contributed by atoms with Crippen molar-refractivity contribution in [3.63, 3.8) is 0 Å². The van der Waals surface area contributed by atoms with Crippen LogP contribution in [0.2, 0.25) is 0 Å². The van der Waals surface area contributed by atoms with Crippen molar-refractivity contribution < 1.29 is 17.6 Å². The van der Waals surface area contributed by atoms with Crippen LogP contribution in [0, 0.1) is 0 Å². The number of fused-ring (bicyclic) bond motifs is 1. The number of methoxy groups -OCH3 is 1. The van der Waals surface area contributed by atoms with Gasteiger partial charge in [-0.3, -0.25) is 4.72 Å². The minimum atomic E-state index is -3.74. The van der Waals surface area contributed by atoms with Gasteiger partial charge in [0.2, 0.25) is 0 Å². The molecule has 1 heterocycles. The number of hydrogen-bond donors (Lipinski definition) is 1. The van der Waals surface area contributed by atoms with Crippen molar-refractivity contribution in [2.75, 3.05) is 11.8 Å². The Labute approximate surface area is 121 Å². The van der Waals surface area contributed by atoms with Crippen molar-refractivity contribution in [2.24, 2.45) is 0 Å². The van der Waals surface area contributed by atoms with Gasteiger partial charge in [0, 0.05) is 0 Å². The van der Waals surface area contributed by atoms with E-state index in [1.54, 1.807) is 36.4 Å². The summed E-state index contributed by atoms with van der Waals surface area (Å²) in [4.78, 5) is 4.07. The van der Waals surface area contributed by atoms with Crippen LogP contribution < -0.4 is 9.46 Å². The molecular weight excluding hydrogens is 292 g/mol. The fourth-order valence-corrected chi connectivity index (χ4v) is 3.19. The van der Waals surface area contributed by atoms with Gasteiger partial charge in [-0.2, -0.15) is 0 Å². The number of anilines is 1. The first-order chi connectivity index (χ1) is 10.1. The molecule has 0 spiro atoms. The SMILES string of the molecule is COc1ccccc1S(=O)(=O)Nc1ccc2ocnc2c1. The number of sulfonamides is 1. The second-order valence-electron chi connectivity index (χ2n) is 4.29. The fraction of sp³-hybridized carbons (Fsp3) is 0.0714. The zero-order valence-corrected chi connectivity index (χ0v) is 11.9. The molecule has 0 aliphatic heterocycles. The molecule has 0 radical (unpaired) electrons. The van der Waals surface area contributed by atoms with Crippen LogP contribution in [-0.4, -0.2) is 20.5 Å². The number of aromatic nitrogens is 1. The Kier molecular flexibility index (Phi) is 3.26. The molecule has 108 valence electrons. The van der Waals surface area contributed by atoms with Gasteiger partial charge in [-0.05, 0) is 30.3 Å². The molecule has 0 unspecified atom stereocenters. The summed E-state index contributed by atoms with van der Waals surface area (Å²) in [5.74, 6) is 0.285. The number of nitrogens with zero attached hydrogens (tertiary/aromatic N) is 1. The highest BCUT2D eigenvalue weighted by Gasteiger charge is 2.19. The van der Waals surface area contributed by atoms with E-state index in [1.807, 2.05) is 0 Å². The average molecular weight is 304 g/mol. The maximum absolute atomic E-state index is 12.4. The van der Waals surface area contributed by atoms with E-state index >= 15 is 0 Å². The van der Waals surface area contributed by atoms with Crippen molar-refractivity contribution in [2.45, 2.75) is 4.90 Å². The molecule has 0 fully saturated rings. The van der Waals surface area contributed by atoms with Crippen molar-refractivity contribution in [3.05, 3.63) is 48.9 Å². The molecule has 6 nitrogen and oxygen atoms in total. The van der Waals surface area contributed by atoms with Crippen molar-refractivity contribution in [1.82, 2.24) is 4.98 Å². The fourth-order valence-electron chi connectivity index (χ4n) is 1.97. The molecule has 3 aromatic rings.